The minimum Gasteiger partial charge on any atom is -0.299 e. The highest BCUT2D eigenvalue weighted by Gasteiger charge is 2.60. The summed E-state index contributed by atoms with van der Waals surface area (Å²) in [5.41, 5.74) is 4.34. The predicted molar refractivity (Wildman–Crippen MR) is 123 cm³/mol. The zero-order chi connectivity index (χ0) is 20.7. The first kappa shape index (κ1) is 19.2. The number of aromatic nitrogens is 1. The van der Waals surface area contributed by atoms with Gasteiger partial charge < -0.3 is 0 Å². The quantitative estimate of drug-likeness (QED) is 0.500. The van der Waals surface area contributed by atoms with Crippen molar-refractivity contribution >= 4 is 17.1 Å². The third-order valence-electron chi connectivity index (χ3n) is 9.82. The number of carbonyl (C=O) groups excluding carboxylic acids is 1. The first-order valence-electron chi connectivity index (χ1n) is 12.0. The Hall–Kier alpha value is -1.48. The smallest absolute Gasteiger partial charge is 0.139 e. The lowest BCUT2D eigenvalue weighted by Gasteiger charge is -2.59. The average molecular weight is 420 g/mol. The highest BCUT2D eigenvalue weighted by atomic mass is 32.1. The number of aryl methyl sites for hydroxylation is 2. The topological polar surface area (TPSA) is 30.0 Å². The van der Waals surface area contributed by atoms with E-state index < -0.39 is 0 Å². The van der Waals surface area contributed by atoms with E-state index in [4.69, 9.17) is 4.98 Å². The fraction of sp³-hybridized carbons (Fsp3) is 0.630. The summed E-state index contributed by atoms with van der Waals surface area (Å²) in [5.74, 6) is 3.43. The van der Waals surface area contributed by atoms with Gasteiger partial charge in [-0.3, -0.25) is 4.79 Å². The molecule has 158 valence electrons. The Balaban J connectivity index is 1.34. The van der Waals surface area contributed by atoms with Crippen molar-refractivity contribution in [3.05, 3.63) is 40.4 Å². The Morgan fingerprint density at radius 2 is 1.77 bits per heavy atom. The Morgan fingerprint density at radius 1 is 0.967 bits per heavy atom. The second-order valence-corrected chi connectivity index (χ2v) is 12.2. The molecular formula is C27H33NOS. The number of ketones is 1. The molecule has 0 radical (unpaired) electrons. The zero-order valence-electron chi connectivity index (χ0n) is 18.5. The molecule has 0 spiro atoms. The fourth-order valence-corrected chi connectivity index (χ4v) is 9.45. The highest BCUT2D eigenvalue weighted by Crippen LogP contribution is 2.67. The summed E-state index contributed by atoms with van der Waals surface area (Å²) in [6.07, 6.45) is 9.40. The maximum atomic E-state index is 12.7. The van der Waals surface area contributed by atoms with Gasteiger partial charge in [0.1, 0.15) is 10.8 Å². The van der Waals surface area contributed by atoms with Crippen LogP contribution in [0.2, 0.25) is 0 Å². The molecule has 4 aliphatic carbocycles. The van der Waals surface area contributed by atoms with Gasteiger partial charge >= 0.3 is 0 Å². The number of hydrogen-bond donors (Lipinski definition) is 0. The Bertz CT molecular complexity index is 1010. The van der Waals surface area contributed by atoms with E-state index in [1.807, 2.05) is 11.3 Å². The number of hydrogen-bond acceptors (Lipinski definition) is 3. The van der Waals surface area contributed by atoms with Gasteiger partial charge in [-0.2, -0.15) is 0 Å². The van der Waals surface area contributed by atoms with Crippen molar-refractivity contribution in [3.8, 4) is 10.6 Å². The summed E-state index contributed by atoms with van der Waals surface area (Å²) in [4.78, 5) is 19.4. The molecule has 3 heteroatoms. The maximum Gasteiger partial charge on any atom is 0.139 e. The molecule has 1 aromatic carbocycles. The van der Waals surface area contributed by atoms with Crippen LogP contribution in [-0.4, -0.2) is 10.8 Å². The van der Waals surface area contributed by atoms with Crippen LogP contribution in [0.4, 0.5) is 0 Å². The third kappa shape index (κ3) is 2.54. The van der Waals surface area contributed by atoms with Crippen molar-refractivity contribution < 1.29 is 4.79 Å². The maximum absolute atomic E-state index is 12.7. The molecule has 0 saturated heterocycles. The number of thiazole rings is 1. The van der Waals surface area contributed by atoms with Crippen molar-refractivity contribution in [1.29, 1.82) is 0 Å². The molecule has 2 aromatic rings. The minimum absolute atomic E-state index is 0.00666. The molecule has 0 amide bonds. The Labute approximate surface area is 184 Å². The summed E-state index contributed by atoms with van der Waals surface area (Å²) in [5, 5.41) is 1.21. The molecule has 1 heterocycles. The van der Waals surface area contributed by atoms with Crippen LogP contribution in [0.1, 0.15) is 80.8 Å². The lowest BCUT2D eigenvalue weighted by Crippen LogP contribution is -2.52. The van der Waals surface area contributed by atoms with Crippen LogP contribution in [0.25, 0.3) is 10.6 Å². The van der Waals surface area contributed by atoms with Crippen LogP contribution < -0.4 is 0 Å². The zero-order valence-corrected chi connectivity index (χ0v) is 19.4. The van der Waals surface area contributed by atoms with E-state index in [-0.39, 0.29) is 5.41 Å². The summed E-state index contributed by atoms with van der Waals surface area (Å²) in [7, 11) is 0. The number of fused-ring (bicyclic) bond motifs is 7. The SMILES string of the molecule is Cc1ccc(-c2nc3c(s2)[C@@H]2CC[C@@H]4[C@H](CC[C@]5(C)C(=O)CC[C@@H]45)[C@@]2(C)CC3)cc1. The van der Waals surface area contributed by atoms with Gasteiger partial charge in [0.05, 0.1) is 5.69 Å². The lowest BCUT2D eigenvalue weighted by molar-refractivity contribution is -0.134. The molecule has 3 fully saturated rings. The van der Waals surface area contributed by atoms with Crippen LogP contribution in [0.15, 0.2) is 24.3 Å². The number of nitrogens with zero attached hydrogens (tertiary/aromatic N) is 1. The van der Waals surface area contributed by atoms with Crippen molar-refractivity contribution in [3.63, 3.8) is 0 Å². The van der Waals surface area contributed by atoms with E-state index in [1.54, 1.807) is 4.88 Å². The minimum atomic E-state index is -0.00666. The number of carbonyl (C=O) groups is 1. The van der Waals surface area contributed by atoms with E-state index in [9.17, 15) is 4.79 Å². The van der Waals surface area contributed by atoms with Crippen LogP contribution >= 0.6 is 11.3 Å². The second-order valence-electron chi connectivity index (χ2n) is 11.1. The molecule has 6 rings (SSSR count). The molecule has 6 atom stereocenters. The van der Waals surface area contributed by atoms with Gasteiger partial charge in [-0.25, -0.2) is 4.98 Å². The van der Waals surface area contributed by atoms with Gasteiger partial charge in [-0.05, 0) is 75.0 Å². The van der Waals surface area contributed by atoms with Crippen LogP contribution in [0.5, 0.6) is 0 Å². The summed E-state index contributed by atoms with van der Waals surface area (Å²) in [6.45, 7) is 7.05. The molecule has 0 bridgehead atoms. The van der Waals surface area contributed by atoms with E-state index >= 15 is 0 Å². The van der Waals surface area contributed by atoms with Crippen molar-refractivity contribution in [1.82, 2.24) is 4.98 Å². The fourth-order valence-electron chi connectivity index (χ4n) is 8.04. The molecule has 1 aromatic heterocycles. The van der Waals surface area contributed by atoms with Crippen LogP contribution in [-0.2, 0) is 11.2 Å². The molecule has 3 saturated carbocycles. The first-order chi connectivity index (χ1) is 14.4. The standard InChI is InChI=1S/C27H33NOS/c1-16-4-6-17(7-5-16)25-28-22-13-15-26(2)20-12-14-27(3)19(10-11-23(27)29)18(20)8-9-21(26)24(22)30-25/h4-7,18-21H,8-15H2,1-3H3/t18-,19-,20-,21-,26+,27-/m0/s1. The molecule has 2 nitrogen and oxygen atoms in total. The van der Waals surface area contributed by atoms with Gasteiger partial charge in [-0.15, -0.1) is 11.3 Å². The van der Waals surface area contributed by atoms with E-state index in [0.29, 0.717) is 23.0 Å². The van der Waals surface area contributed by atoms with Gasteiger partial charge in [0.15, 0.2) is 0 Å². The number of Topliss-reactive ketones (excluding diaryl/α,β-unsaturated/α-hetero) is 1. The Kier molecular flexibility index (Phi) is 4.17. The van der Waals surface area contributed by atoms with E-state index in [2.05, 4.69) is 45.0 Å². The number of benzene rings is 1. The highest BCUT2D eigenvalue weighted by molar-refractivity contribution is 7.15. The van der Waals surface area contributed by atoms with Crippen molar-refractivity contribution in [2.24, 2.45) is 28.6 Å². The molecule has 4 aliphatic rings. The lowest BCUT2D eigenvalue weighted by atomic mass is 9.46. The summed E-state index contributed by atoms with van der Waals surface area (Å²) in [6, 6.07) is 8.86. The molecule has 0 aliphatic heterocycles. The van der Waals surface area contributed by atoms with Gasteiger partial charge in [-0.1, -0.05) is 43.7 Å². The van der Waals surface area contributed by atoms with Crippen LogP contribution in [0.3, 0.4) is 0 Å². The largest absolute Gasteiger partial charge is 0.299 e. The summed E-state index contributed by atoms with van der Waals surface area (Å²) >= 11 is 1.97. The van der Waals surface area contributed by atoms with Gasteiger partial charge in [0.25, 0.3) is 0 Å². The summed E-state index contributed by atoms with van der Waals surface area (Å²) < 4.78 is 0. The van der Waals surface area contributed by atoms with Gasteiger partial charge in [0, 0.05) is 28.2 Å². The van der Waals surface area contributed by atoms with Crippen molar-refractivity contribution in [2.45, 2.75) is 78.1 Å². The van der Waals surface area contributed by atoms with Crippen LogP contribution in [0, 0.1) is 35.5 Å². The Morgan fingerprint density at radius 3 is 2.57 bits per heavy atom. The van der Waals surface area contributed by atoms with Gasteiger partial charge in [0.2, 0.25) is 0 Å². The van der Waals surface area contributed by atoms with E-state index in [1.165, 1.54) is 47.5 Å². The average Bonchev–Trinajstić information content (AvgIpc) is 3.29. The molecule has 0 unspecified atom stereocenters. The normalized spacial score (nSPS) is 39.8. The predicted octanol–water partition coefficient (Wildman–Crippen LogP) is 6.96. The first-order valence-corrected chi connectivity index (χ1v) is 12.8. The second kappa shape index (κ2) is 6.51. The van der Waals surface area contributed by atoms with Crippen molar-refractivity contribution in [2.75, 3.05) is 0 Å². The molecular weight excluding hydrogens is 386 g/mol. The number of rotatable bonds is 1. The molecule has 30 heavy (non-hydrogen) atoms. The van der Waals surface area contributed by atoms with E-state index in [0.717, 1.165) is 37.5 Å². The monoisotopic (exact) mass is 419 g/mol. The third-order valence-corrected chi connectivity index (χ3v) is 11.1. The molecule has 0 N–H and O–H groups in total.